The highest BCUT2D eigenvalue weighted by Crippen LogP contribution is 2.32. The summed E-state index contributed by atoms with van der Waals surface area (Å²) in [7, 11) is 5.97. The van der Waals surface area contributed by atoms with Crippen molar-refractivity contribution < 1.29 is 9.18 Å². The Morgan fingerprint density at radius 1 is 1.03 bits per heavy atom. The molecule has 3 aromatic rings. The molecular weight excluding hydrogens is 417 g/mol. The molecule has 2 aromatic carbocycles. The summed E-state index contributed by atoms with van der Waals surface area (Å²) in [4.78, 5) is 28.2. The topological polar surface area (TPSA) is 52.6 Å². The zero-order valence-corrected chi connectivity index (χ0v) is 19.6. The molecular formula is C26H30FN5O. The Kier molecular flexibility index (Phi) is 6.70. The SMILES string of the molecule is Cc1ccccc1CN(C)Cc1nc([C@@H]2CC(=O)N(c3ccc(F)cc3)C2)cc(N(C)C)n1. The van der Waals surface area contributed by atoms with E-state index in [0.29, 0.717) is 25.2 Å². The predicted octanol–water partition coefficient (Wildman–Crippen LogP) is 4.14. The Labute approximate surface area is 194 Å². The predicted molar refractivity (Wildman–Crippen MR) is 129 cm³/mol. The first-order chi connectivity index (χ1) is 15.8. The van der Waals surface area contributed by atoms with Crippen LogP contribution in [-0.4, -0.2) is 48.5 Å². The molecule has 33 heavy (non-hydrogen) atoms. The van der Waals surface area contributed by atoms with Gasteiger partial charge >= 0.3 is 0 Å². The number of halogens is 1. The van der Waals surface area contributed by atoms with Gasteiger partial charge in [0, 0.05) is 51.3 Å². The van der Waals surface area contributed by atoms with Crippen molar-refractivity contribution in [2.45, 2.75) is 32.4 Å². The lowest BCUT2D eigenvalue weighted by molar-refractivity contribution is -0.117. The van der Waals surface area contributed by atoms with Crippen molar-refractivity contribution in [1.29, 1.82) is 0 Å². The molecule has 0 bridgehead atoms. The average Bonchev–Trinajstić information content (AvgIpc) is 3.17. The van der Waals surface area contributed by atoms with Crippen molar-refractivity contribution in [2.75, 3.05) is 37.5 Å². The number of carbonyl (C=O) groups excluding carboxylic acids is 1. The number of hydrogen-bond donors (Lipinski definition) is 0. The third-order valence-electron chi connectivity index (χ3n) is 6.03. The maximum Gasteiger partial charge on any atom is 0.227 e. The highest BCUT2D eigenvalue weighted by molar-refractivity contribution is 5.96. The summed E-state index contributed by atoms with van der Waals surface area (Å²) in [6.07, 6.45) is 0.375. The van der Waals surface area contributed by atoms with Gasteiger partial charge in [0.15, 0.2) is 0 Å². The van der Waals surface area contributed by atoms with E-state index in [1.807, 2.05) is 31.1 Å². The quantitative estimate of drug-likeness (QED) is 0.545. The fourth-order valence-electron chi connectivity index (χ4n) is 4.16. The number of amides is 1. The van der Waals surface area contributed by atoms with Gasteiger partial charge in [-0.1, -0.05) is 24.3 Å². The van der Waals surface area contributed by atoms with Gasteiger partial charge in [0.2, 0.25) is 5.91 Å². The van der Waals surface area contributed by atoms with E-state index in [-0.39, 0.29) is 17.6 Å². The van der Waals surface area contributed by atoms with Crippen LogP contribution in [0.25, 0.3) is 0 Å². The van der Waals surface area contributed by atoms with Crippen molar-refractivity contribution in [2.24, 2.45) is 0 Å². The first-order valence-corrected chi connectivity index (χ1v) is 11.1. The van der Waals surface area contributed by atoms with E-state index in [1.54, 1.807) is 17.0 Å². The lowest BCUT2D eigenvalue weighted by atomic mass is 10.0. The van der Waals surface area contributed by atoms with E-state index >= 15 is 0 Å². The summed E-state index contributed by atoms with van der Waals surface area (Å²) in [5.41, 5.74) is 4.12. The number of aromatic nitrogens is 2. The summed E-state index contributed by atoms with van der Waals surface area (Å²) in [5.74, 6) is 1.24. The van der Waals surface area contributed by atoms with Gasteiger partial charge in [-0.05, 0) is 49.4 Å². The van der Waals surface area contributed by atoms with E-state index in [0.717, 1.165) is 23.9 Å². The number of benzene rings is 2. The van der Waals surface area contributed by atoms with Gasteiger partial charge in [-0.15, -0.1) is 0 Å². The fourth-order valence-corrected chi connectivity index (χ4v) is 4.16. The van der Waals surface area contributed by atoms with Gasteiger partial charge < -0.3 is 9.80 Å². The van der Waals surface area contributed by atoms with Gasteiger partial charge in [0.05, 0.1) is 12.2 Å². The molecule has 0 unspecified atom stereocenters. The van der Waals surface area contributed by atoms with Gasteiger partial charge in [-0.2, -0.15) is 0 Å². The van der Waals surface area contributed by atoms with Gasteiger partial charge in [-0.3, -0.25) is 9.69 Å². The smallest absolute Gasteiger partial charge is 0.227 e. The molecule has 7 heteroatoms. The average molecular weight is 448 g/mol. The summed E-state index contributed by atoms with van der Waals surface area (Å²) < 4.78 is 13.3. The molecule has 1 aromatic heterocycles. The molecule has 0 N–H and O–H groups in total. The third kappa shape index (κ3) is 5.37. The van der Waals surface area contributed by atoms with Crippen LogP contribution in [0.5, 0.6) is 0 Å². The van der Waals surface area contributed by atoms with Crippen LogP contribution in [0, 0.1) is 12.7 Å². The molecule has 1 fully saturated rings. The number of anilines is 2. The van der Waals surface area contributed by atoms with E-state index in [2.05, 4.69) is 37.1 Å². The van der Waals surface area contributed by atoms with Crippen molar-refractivity contribution in [1.82, 2.24) is 14.9 Å². The summed E-state index contributed by atoms with van der Waals surface area (Å²) >= 11 is 0. The summed E-state index contributed by atoms with van der Waals surface area (Å²) in [6.45, 7) is 4.05. The Balaban J connectivity index is 1.54. The highest BCUT2D eigenvalue weighted by atomic mass is 19.1. The van der Waals surface area contributed by atoms with Crippen LogP contribution in [0.3, 0.4) is 0 Å². The summed E-state index contributed by atoms with van der Waals surface area (Å²) in [5, 5.41) is 0. The van der Waals surface area contributed by atoms with Crippen LogP contribution in [0.1, 0.15) is 35.0 Å². The minimum atomic E-state index is -0.312. The van der Waals surface area contributed by atoms with E-state index in [4.69, 9.17) is 9.97 Å². The molecule has 1 aliphatic rings. The van der Waals surface area contributed by atoms with Crippen molar-refractivity contribution in [3.05, 3.63) is 83.1 Å². The zero-order chi connectivity index (χ0) is 23.5. The second kappa shape index (κ2) is 9.67. The second-order valence-corrected chi connectivity index (χ2v) is 8.94. The van der Waals surface area contributed by atoms with Crippen molar-refractivity contribution in [3.63, 3.8) is 0 Å². The van der Waals surface area contributed by atoms with E-state index < -0.39 is 0 Å². The molecule has 0 spiro atoms. The van der Waals surface area contributed by atoms with E-state index in [9.17, 15) is 9.18 Å². The number of aryl methyl sites for hydroxylation is 1. The monoisotopic (exact) mass is 447 g/mol. The second-order valence-electron chi connectivity index (χ2n) is 8.94. The molecule has 0 aliphatic carbocycles. The number of rotatable bonds is 7. The van der Waals surface area contributed by atoms with Crippen LogP contribution in [0.2, 0.25) is 0 Å². The van der Waals surface area contributed by atoms with Crippen LogP contribution >= 0.6 is 0 Å². The minimum absolute atomic E-state index is 0.0230. The lowest BCUT2D eigenvalue weighted by Gasteiger charge is -2.21. The highest BCUT2D eigenvalue weighted by Gasteiger charge is 2.33. The number of carbonyl (C=O) groups is 1. The van der Waals surface area contributed by atoms with Gasteiger partial charge in [0.1, 0.15) is 17.5 Å². The van der Waals surface area contributed by atoms with Crippen molar-refractivity contribution in [3.8, 4) is 0 Å². The molecule has 1 amide bonds. The first kappa shape index (κ1) is 22.9. The Morgan fingerprint density at radius 3 is 2.45 bits per heavy atom. The maximum atomic E-state index is 13.3. The molecule has 1 atom stereocenters. The largest absolute Gasteiger partial charge is 0.363 e. The molecule has 2 heterocycles. The molecule has 1 aliphatic heterocycles. The van der Waals surface area contributed by atoms with Crippen molar-refractivity contribution >= 4 is 17.4 Å². The Hall–Kier alpha value is -3.32. The standard InChI is InChI=1S/C26H30FN5O/c1-18-7-5-6-8-19(18)15-31(4)17-24-28-23(14-25(29-24)30(2)3)20-13-26(33)32(16-20)22-11-9-21(27)10-12-22/h5-12,14,20H,13,15-17H2,1-4H3/t20-/m1/s1. The van der Waals surface area contributed by atoms with Crippen LogP contribution in [0.15, 0.2) is 54.6 Å². The normalized spacial score (nSPS) is 16.0. The molecule has 0 saturated carbocycles. The van der Waals surface area contributed by atoms with Gasteiger partial charge in [0.25, 0.3) is 0 Å². The molecule has 0 radical (unpaired) electrons. The van der Waals surface area contributed by atoms with Crippen LogP contribution < -0.4 is 9.80 Å². The zero-order valence-electron chi connectivity index (χ0n) is 19.6. The molecule has 6 nitrogen and oxygen atoms in total. The minimum Gasteiger partial charge on any atom is -0.363 e. The fraction of sp³-hybridized carbons (Fsp3) is 0.346. The third-order valence-corrected chi connectivity index (χ3v) is 6.03. The Morgan fingerprint density at radius 2 is 1.76 bits per heavy atom. The molecule has 172 valence electrons. The number of nitrogens with zero attached hydrogens (tertiary/aromatic N) is 5. The van der Waals surface area contributed by atoms with Crippen LogP contribution in [0.4, 0.5) is 15.9 Å². The first-order valence-electron chi connectivity index (χ1n) is 11.1. The van der Waals surface area contributed by atoms with E-state index in [1.165, 1.54) is 23.3 Å². The Bertz CT molecular complexity index is 1130. The molecule has 4 rings (SSSR count). The van der Waals surface area contributed by atoms with Crippen LogP contribution in [-0.2, 0) is 17.9 Å². The maximum absolute atomic E-state index is 13.3. The summed E-state index contributed by atoms with van der Waals surface area (Å²) in [6, 6.07) is 16.4. The lowest BCUT2D eigenvalue weighted by Crippen LogP contribution is -2.24. The number of hydrogen-bond acceptors (Lipinski definition) is 5. The molecule has 1 saturated heterocycles. The van der Waals surface area contributed by atoms with Gasteiger partial charge in [-0.25, -0.2) is 14.4 Å².